The maximum absolute atomic E-state index is 11.4. The summed E-state index contributed by atoms with van der Waals surface area (Å²) in [7, 11) is 0. The van der Waals surface area contributed by atoms with E-state index in [0.29, 0.717) is 0 Å². The molecule has 0 saturated heterocycles. The fourth-order valence-electron chi connectivity index (χ4n) is 2.61. The average Bonchev–Trinajstić information content (AvgIpc) is 2.47. The Morgan fingerprint density at radius 3 is 2.05 bits per heavy atom. The summed E-state index contributed by atoms with van der Waals surface area (Å²) < 4.78 is 1.15. The highest BCUT2D eigenvalue weighted by Gasteiger charge is 2.18. The molecule has 2 nitrogen and oxygen atoms in total. The Kier molecular flexibility index (Phi) is 9.72. The zero-order valence-corrected chi connectivity index (χ0v) is 15.1. The van der Waals surface area contributed by atoms with Gasteiger partial charge in [0.2, 0.25) is 0 Å². The molecule has 1 aromatic rings. The molecule has 0 aliphatic carbocycles. The molecule has 0 saturated carbocycles. The van der Waals surface area contributed by atoms with E-state index in [4.69, 9.17) is 0 Å². The molecule has 3 heteroatoms. The molecule has 1 rings (SSSR count). The van der Waals surface area contributed by atoms with Gasteiger partial charge in [0.15, 0.2) is 0 Å². The summed E-state index contributed by atoms with van der Waals surface area (Å²) in [5, 5.41) is 9.39. The number of hydrogen-bond acceptors (Lipinski definition) is 1. The van der Waals surface area contributed by atoms with Gasteiger partial charge < -0.3 is 5.11 Å². The molecular weight excluding hydrogens is 375 g/mol. The Labute approximate surface area is 142 Å². The summed E-state index contributed by atoms with van der Waals surface area (Å²) in [6, 6.07) is 7.87. The van der Waals surface area contributed by atoms with Gasteiger partial charge in [0.05, 0.1) is 5.92 Å². The second kappa shape index (κ2) is 11.0. The first-order chi connectivity index (χ1) is 10.1. The largest absolute Gasteiger partial charge is 0.481 e. The van der Waals surface area contributed by atoms with Crippen molar-refractivity contribution in [1.82, 2.24) is 0 Å². The van der Waals surface area contributed by atoms with E-state index in [2.05, 4.69) is 29.5 Å². The van der Waals surface area contributed by atoms with Crippen LogP contribution in [-0.2, 0) is 4.79 Å². The Balaban J connectivity index is 2.26. The summed E-state index contributed by atoms with van der Waals surface area (Å²) >= 11 is 2.24. The van der Waals surface area contributed by atoms with E-state index in [0.717, 1.165) is 28.4 Å². The van der Waals surface area contributed by atoms with Gasteiger partial charge in [-0.25, -0.2) is 0 Å². The molecule has 21 heavy (non-hydrogen) atoms. The second-order valence-electron chi connectivity index (χ2n) is 5.71. The first-order valence-electron chi connectivity index (χ1n) is 8.13. The predicted molar refractivity (Wildman–Crippen MR) is 96.8 cm³/mol. The molecule has 0 aliphatic heterocycles. The lowest BCUT2D eigenvalue weighted by Gasteiger charge is -2.12. The number of rotatable bonds is 11. The molecule has 0 bridgehead atoms. The Hall–Kier alpha value is -0.580. The number of carbonyl (C=O) groups is 1. The van der Waals surface area contributed by atoms with E-state index >= 15 is 0 Å². The summed E-state index contributed by atoms with van der Waals surface area (Å²) in [6.45, 7) is 2.23. The maximum atomic E-state index is 11.4. The van der Waals surface area contributed by atoms with Crippen molar-refractivity contribution in [2.24, 2.45) is 0 Å². The minimum absolute atomic E-state index is 0.345. The fraction of sp³-hybridized carbons (Fsp3) is 0.611. The van der Waals surface area contributed by atoms with E-state index in [-0.39, 0.29) is 5.92 Å². The third kappa shape index (κ3) is 7.84. The molecular formula is C18H27IO2. The van der Waals surface area contributed by atoms with E-state index in [1.165, 1.54) is 38.5 Å². The molecule has 118 valence electrons. The second-order valence-corrected chi connectivity index (χ2v) is 6.95. The number of halogens is 1. The summed E-state index contributed by atoms with van der Waals surface area (Å²) in [6.07, 6.45) is 10.8. The van der Waals surface area contributed by atoms with Crippen LogP contribution >= 0.6 is 22.6 Å². The van der Waals surface area contributed by atoms with Crippen molar-refractivity contribution < 1.29 is 9.90 Å². The van der Waals surface area contributed by atoms with Gasteiger partial charge in [-0.3, -0.25) is 4.79 Å². The first kappa shape index (κ1) is 18.5. The molecule has 0 aliphatic rings. The highest BCUT2D eigenvalue weighted by Crippen LogP contribution is 2.24. The zero-order chi connectivity index (χ0) is 15.5. The van der Waals surface area contributed by atoms with Crippen LogP contribution in [0.2, 0.25) is 0 Å². The predicted octanol–water partition coefficient (Wildman–Crippen LogP) is 5.99. The van der Waals surface area contributed by atoms with Gasteiger partial charge in [0.25, 0.3) is 0 Å². The van der Waals surface area contributed by atoms with Gasteiger partial charge in [-0.1, -0.05) is 70.4 Å². The van der Waals surface area contributed by atoms with Crippen LogP contribution in [-0.4, -0.2) is 11.1 Å². The van der Waals surface area contributed by atoms with Crippen LogP contribution < -0.4 is 0 Å². The summed E-state index contributed by atoms with van der Waals surface area (Å²) in [4.78, 5) is 11.4. The highest BCUT2D eigenvalue weighted by molar-refractivity contribution is 14.1. The summed E-state index contributed by atoms with van der Waals surface area (Å²) in [5.41, 5.74) is 0.936. The molecule has 1 aromatic carbocycles. The molecule has 1 N–H and O–H groups in total. The van der Waals surface area contributed by atoms with Gasteiger partial charge in [0.1, 0.15) is 0 Å². The van der Waals surface area contributed by atoms with Crippen LogP contribution in [0.4, 0.5) is 0 Å². The first-order valence-corrected chi connectivity index (χ1v) is 9.21. The fourth-order valence-corrected chi connectivity index (χ4v) is 2.97. The number of carboxylic acids is 1. The Morgan fingerprint density at radius 1 is 1.00 bits per heavy atom. The standard InChI is InChI=1S/C18H27IO2/c1-2-3-4-5-6-7-8-9-10-17(18(20)21)15-11-13-16(19)14-12-15/h11-14,17H,2-10H2,1H3,(H,20,21). The monoisotopic (exact) mass is 402 g/mol. The van der Waals surface area contributed by atoms with Crippen molar-refractivity contribution in [3.05, 3.63) is 33.4 Å². The zero-order valence-electron chi connectivity index (χ0n) is 13.0. The Bertz CT molecular complexity index is 400. The van der Waals surface area contributed by atoms with Gasteiger partial charge in [-0.2, -0.15) is 0 Å². The lowest BCUT2D eigenvalue weighted by atomic mass is 9.93. The van der Waals surface area contributed by atoms with Crippen LogP contribution in [0.15, 0.2) is 24.3 Å². The van der Waals surface area contributed by atoms with Gasteiger partial charge in [-0.15, -0.1) is 0 Å². The number of benzene rings is 1. The van der Waals surface area contributed by atoms with E-state index in [1.54, 1.807) is 0 Å². The molecule has 0 heterocycles. The molecule has 1 atom stereocenters. The van der Waals surface area contributed by atoms with Crippen molar-refractivity contribution in [2.45, 2.75) is 70.6 Å². The number of hydrogen-bond donors (Lipinski definition) is 1. The van der Waals surface area contributed by atoms with Gasteiger partial charge in [-0.05, 0) is 46.7 Å². The number of aliphatic carboxylic acids is 1. The van der Waals surface area contributed by atoms with E-state index in [9.17, 15) is 9.90 Å². The van der Waals surface area contributed by atoms with E-state index in [1.807, 2.05) is 24.3 Å². The summed E-state index contributed by atoms with van der Waals surface area (Å²) in [5.74, 6) is -1.04. The third-order valence-corrected chi connectivity index (χ3v) is 4.64. The van der Waals surface area contributed by atoms with Crippen LogP contribution in [0.5, 0.6) is 0 Å². The lowest BCUT2D eigenvalue weighted by Crippen LogP contribution is -2.11. The molecule has 0 amide bonds. The van der Waals surface area contributed by atoms with Crippen LogP contribution in [0.1, 0.15) is 76.2 Å². The SMILES string of the molecule is CCCCCCCCCCC(C(=O)O)c1ccc(I)cc1. The molecule has 0 radical (unpaired) electrons. The molecule has 1 unspecified atom stereocenters. The molecule has 0 fully saturated rings. The van der Waals surface area contributed by atoms with Crippen molar-refractivity contribution in [3.8, 4) is 0 Å². The minimum Gasteiger partial charge on any atom is -0.481 e. The van der Waals surface area contributed by atoms with Crippen LogP contribution in [0, 0.1) is 3.57 Å². The van der Waals surface area contributed by atoms with E-state index < -0.39 is 5.97 Å². The minimum atomic E-state index is -0.695. The van der Waals surface area contributed by atoms with Crippen molar-refractivity contribution in [3.63, 3.8) is 0 Å². The molecule has 0 spiro atoms. The van der Waals surface area contributed by atoms with Gasteiger partial charge in [0, 0.05) is 3.57 Å². The van der Waals surface area contributed by atoms with Crippen LogP contribution in [0.25, 0.3) is 0 Å². The smallest absolute Gasteiger partial charge is 0.310 e. The van der Waals surface area contributed by atoms with Crippen molar-refractivity contribution in [2.75, 3.05) is 0 Å². The van der Waals surface area contributed by atoms with Crippen LogP contribution in [0.3, 0.4) is 0 Å². The molecule has 0 aromatic heterocycles. The lowest BCUT2D eigenvalue weighted by molar-refractivity contribution is -0.139. The third-order valence-electron chi connectivity index (χ3n) is 3.92. The normalized spacial score (nSPS) is 12.3. The van der Waals surface area contributed by atoms with Crippen molar-refractivity contribution in [1.29, 1.82) is 0 Å². The van der Waals surface area contributed by atoms with Crippen molar-refractivity contribution >= 4 is 28.6 Å². The maximum Gasteiger partial charge on any atom is 0.310 e. The highest BCUT2D eigenvalue weighted by atomic mass is 127. The quantitative estimate of drug-likeness (QED) is 0.365. The number of carboxylic acid groups (broad SMARTS) is 1. The van der Waals surface area contributed by atoms with Gasteiger partial charge >= 0.3 is 5.97 Å². The average molecular weight is 402 g/mol. The number of unbranched alkanes of at least 4 members (excludes halogenated alkanes) is 7. The Morgan fingerprint density at radius 2 is 1.52 bits per heavy atom. The topological polar surface area (TPSA) is 37.3 Å².